The van der Waals surface area contributed by atoms with Crippen LogP contribution >= 0.6 is 0 Å². The number of carbonyl (C=O) groups is 1. The summed E-state index contributed by atoms with van der Waals surface area (Å²) in [5.74, 6) is 1.74. The number of hydrogen-bond acceptors (Lipinski definition) is 4. The number of methoxy groups -OCH3 is 1. The number of carbonyl (C=O) groups excluding carboxylic acids is 1. The average Bonchev–Trinajstić information content (AvgIpc) is 2.76. The second kappa shape index (κ2) is 10.9. The van der Waals surface area contributed by atoms with E-state index in [1.165, 1.54) is 19.3 Å². The van der Waals surface area contributed by atoms with Gasteiger partial charge in [-0.15, -0.1) is 0 Å². The Morgan fingerprint density at radius 1 is 1.07 bits per heavy atom. The molecule has 2 aromatic carbocycles. The molecule has 3 rings (SSSR count). The van der Waals surface area contributed by atoms with Crippen LogP contribution in [0.1, 0.15) is 43.4 Å². The van der Waals surface area contributed by atoms with E-state index in [0.29, 0.717) is 19.6 Å². The molecule has 0 spiro atoms. The summed E-state index contributed by atoms with van der Waals surface area (Å²) in [6, 6.07) is 16.0. The fourth-order valence-corrected chi connectivity index (χ4v) is 3.94. The van der Waals surface area contributed by atoms with Crippen LogP contribution in [0.2, 0.25) is 0 Å². The molecule has 0 aromatic heterocycles. The van der Waals surface area contributed by atoms with Crippen LogP contribution in [-0.4, -0.2) is 44.2 Å². The van der Waals surface area contributed by atoms with E-state index in [0.717, 1.165) is 35.7 Å². The summed E-state index contributed by atoms with van der Waals surface area (Å²) < 4.78 is 11.1. The maximum Gasteiger partial charge on any atom is 0.224 e. The van der Waals surface area contributed by atoms with Crippen molar-refractivity contribution >= 4 is 5.91 Å². The van der Waals surface area contributed by atoms with Crippen LogP contribution in [0, 0.1) is 0 Å². The van der Waals surface area contributed by atoms with Gasteiger partial charge < -0.3 is 14.8 Å². The van der Waals surface area contributed by atoms with Gasteiger partial charge in [-0.05, 0) is 56.6 Å². The molecule has 0 bridgehead atoms. The van der Waals surface area contributed by atoms with Crippen molar-refractivity contribution < 1.29 is 14.3 Å². The number of ether oxygens (including phenoxy) is 2. The van der Waals surface area contributed by atoms with Crippen molar-refractivity contribution in [1.82, 2.24) is 10.2 Å². The first-order valence-corrected chi connectivity index (χ1v) is 10.6. The fraction of sp³-hybridized carbons (Fsp3) is 0.458. The smallest absolute Gasteiger partial charge is 0.224 e. The van der Waals surface area contributed by atoms with Crippen molar-refractivity contribution in [3.63, 3.8) is 0 Å². The lowest BCUT2D eigenvalue weighted by Crippen LogP contribution is -2.41. The van der Waals surface area contributed by atoms with E-state index in [-0.39, 0.29) is 11.9 Å². The zero-order valence-corrected chi connectivity index (χ0v) is 17.5. The molecule has 1 N–H and O–H groups in total. The highest BCUT2D eigenvalue weighted by Gasteiger charge is 2.25. The molecule has 1 heterocycles. The van der Waals surface area contributed by atoms with E-state index in [1.54, 1.807) is 7.11 Å². The maximum absolute atomic E-state index is 12.6. The number of nitrogens with zero attached hydrogens (tertiary/aromatic N) is 1. The van der Waals surface area contributed by atoms with Crippen LogP contribution in [0.15, 0.2) is 48.5 Å². The summed E-state index contributed by atoms with van der Waals surface area (Å²) in [7, 11) is 1.70. The normalized spacial score (nSPS) is 15.5. The molecule has 1 unspecified atom stereocenters. The van der Waals surface area contributed by atoms with Gasteiger partial charge in [-0.2, -0.15) is 0 Å². The lowest BCUT2D eigenvalue weighted by atomic mass is 10.0. The van der Waals surface area contributed by atoms with Gasteiger partial charge in [0.15, 0.2) is 0 Å². The lowest BCUT2D eigenvalue weighted by molar-refractivity contribution is -0.120. The number of hydrogen-bond donors (Lipinski definition) is 1. The Kier molecular flexibility index (Phi) is 7.94. The number of benzene rings is 2. The zero-order valence-electron chi connectivity index (χ0n) is 17.5. The summed E-state index contributed by atoms with van der Waals surface area (Å²) in [6.45, 7) is 5.29. The molecule has 0 aliphatic carbocycles. The number of para-hydroxylation sites is 1. The number of likely N-dealkylation sites (tertiary alicyclic amines) is 1. The highest BCUT2D eigenvalue weighted by molar-refractivity contribution is 5.78. The van der Waals surface area contributed by atoms with Crippen molar-refractivity contribution in [3.8, 4) is 11.5 Å². The highest BCUT2D eigenvalue weighted by atomic mass is 16.5. The molecule has 5 heteroatoms. The number of nitrogens with one attached hydrogen (secondary N) is 1. The summed E-state index contributed by atoms with van der Waals surface area (Å²) in [5.41, 5.74) is 2.12. The Morgan fingerprint density at radius 2 is 1.79 bits per heavy atom. The standard InChI is InChI=1S/C24H32N2O3/c1-3-29-20-13-11-19(12-14-20)17-24(27)25-18-22(26-15-7-4-8-16-26)21-9-5-6-10-23(21)28-2/h5-6,9-14,22H,3-4,7-8,15-18H2,1-2H3,(H,25,27). The third-order valence-electron chi connectivity index (χ3n) is 5.42. The van der Waals surface area contributed by atoms with E-state index in [4.69, 9.17) is 9.47 Å². The molecule has 0 radical (unpaired) electrons. The third-order valence-corrected chi connectivity index (χ3v) is 5.42. The van der Waals surface area contributed by atoms with Gasteiger partial charge in [0.05, 0.1) is 26.2 Å². The minimum Gasteiger partial charge on any atom is -0.496 e. The molecule has 0 saturated carbocycles. The zero-order chi connectivity index (χ0) is 20.5. The SMILES string of the molecule is CCOc1ccc(CC(=O)NCC(c2ccccc2OC)N2CCCCC2)cc1. The van der Waals surface area contributed by atoms with Crippen LogP contribution < -0.4 is 14.8 Å². The second-order valence-corrected chi connectivity index (χ2v) is 7.41. The van der Waals surface area contributed by atoms with Gasteiger partial charge >= 0.3 is 0 Å². The Balaban J connectivity index is 1.65. The van der Waals surface area contributed by atoms with Crippen LogP contribution in [0.3, 0.4) is 0 Å². The first-order valence-electron chi connectivity index (χ1n) is 10.6. The van der Waals surface area contributed by atoms with Crippen molar-refractivity contribution in [2.24, 2.45) is 0 Å². The van der Waals surface area contributed by atoms with E-state index < -0.39 is 0 Å². The second-order valence-electron chi connectivity index (χ2n) is 7.41. The molecule has 156 valence electrons. The summed E-state index contributed by atoms with van der Waals surface area (Å²) in [6.07, 6.45) is 4.04. The molecule has 1 aliphatic heterocycles. The minimum atomic E-state index is 0.0334. The van der Waals surface area contributed by atoms with Gasteiger partial charge in [-0.3, -0.25) is 9.69 Å². The molecular formula is C24H32N2O3. The largest absolute Gasteiger partial charge is 0.496 e. The van der Waals surface area contributed by atoms with Crippen molar-refractivity contribution in [2.45, 2.75) is 38.6 Å². The predicted molar refractivity (Wildman–Crippen MR) is 115 cm³/mol. The number of piperidine rings is 1. The maximum atomic E-state index is 12.6. The molecule has 1 aliphatic rings. The average molecular weight is 397 g/mol. The van der Waals surface area contributed by atoms with E-state index in [2.05, 4.69) is 16.3 Å². The van der Waals surface area contributed by atoms with Crippen LogP contribution in [0.4, 0.5) is 0 Å². The molecule has 29 heavy (non-hydrogen) atoms. The van der Waals surface area contributed by atoms with Gasteiger partial charge in [0.2, 0.25) is 5.91 Å². The first-order chi connectivity index (χ1) is 14.2. The van der Waals surface area contributed by atoms with Crippen LogP contribution in [-0.2, 0) is 11.2 Å². The fourth-order valence-electron chi connectivity index (χ4n) is 3.94. The van der Waals surface area contributed by atoms with E-state index >= 15 is 0 Å². The molecule has 5 nitrogen and oxygen atoms in total. The first kappa shape index (κ1) is 21.2. The quantitative estimate of drug-likeness (QED) is 0.697. The Hall–Kier alpha value is -2.53. The lowest BCUT2D eigenvalue weighted by Gasteiger charge is -2.35. The Morgan fingerprint density at radius 3 is 2.48 bits per heavy atom. The van der Waals surface area contributed by atoms with Crippen molar-refractivity contribution in [1.29, 1.82) is 0 Å². The van der Waals surface area contributed by atoms with Crippen molar-refractivity contribution in [3.05, 3.63) is 59.7 Å². The molecule has 1 saturated heterocycles. The van der Waals surface area contributed by atoms with Crippen LogP contribution in [0.25, 0.3) is 0 Å². The summed E-state index contributed by atoms with van der Waals surface area (Å²) >= 11 is 0. The van der Waals surface area contributed by atoms with E-state index in [1.807, 2.05) is 49.4 Å². The molecule has 1 amide bonds. The van der Waals surface area contributed by atoms with Crippen molar-refractivity contribution in [2.75, 3.05) is 33.4 Å². The van der Waals surface area contributed by atoms with E-state index in [9.17, 15) is 4.79 Å². The number of rotatable bonds is 9. The number of amides is 1. The molecule has 2 aromatic rings. The molecule has 1 fully saturated rings. The minimum absolute atomic E-state index is 0.0334. The predicted octanol–water partition coefficient (Wildman–Crippen LogP) is 3.98. The van der Waals surface area contributed by atoms with Gasteiger partial charge in [-0.25, -0.2) is 0 Å². The van der Waals surface area contributed by atoms with Gasteiger partial charge in [-0.1, -0.05) is 36.8 Å². The van der Waals surface area contributed by atoms with Crippen LogP contribution in [0.5, 0.6) is 11.5 Å². The summed E-state index contributed by atoms with van der Waals surface area (Å²) in [5, 5.41) is 3.15. The summed E-state index contributed by atoms with van der Waals surface area (Å²) in [4.78, 5) is 15.1. The Bertz CT molecular complexity index is 770. The molecule has 1 atom stereocenters. The van der Waals surface area contributed by atoms with Gasteiger partial charge in [0.1, 0.15) is 11.5 Å². The van der Waals surface area contributed by atoms with Gasteiger partial charge in [0.25, 0.3) is 0 Å². The Labute approximate surface area is 174 Å². The third kappa shape index (κ3) is 5.97. The highest BCUT2D eigenvalue weighted by Crippen LogP contribution is 2.30. The topological polar surface area (TPSA) is 50.8 Å². The molecular weight excluding hydrogens is 364 g/mol. The van der Waals surface area contributed by atoms with Gasteiger partial charge in [0, 0.05) is 12.1 Å². The monoisotopic (exact) mass is 396 g/mol.